The summed E-state index contributed by atoms with van der Waals surface area (Å²) in [7, 11) is 0. The number of alkyl halides is 2. The van der Waals surface area contributed by atoms with E-state index in [0.717, 1.165) is 0 Å². The lowest BCUT2D eigenvalue weighted by Crippen LogP contribution is -2.38. The van der Waals surface area contributed by atoms with Crippen molar-refractivity contribution in [1.29, 1.82) is 0 Å². The second-order valence-electron chi connectivity index (χ2n) is 3.09. The fourth-order valence-corrected chi connectivity index (χ4v) is 1.31. The molecule has 0 aromatic heterocycles. The number of carbonyl (C=O) groups is 1. The molecule has 0 amide bonds. The zero-order valence-electron chi connectivity index (χ0n) is 6.93. The standard InChI is InChI=1S/C8H13F2NO/c9-5-7(10)6-11-3-1-8(12)2-4-11/h7H,1-6H2. The maximum absolute atomic E-state index is 12.5. The van der Waals surface area contributed by atoms with Crippen LogP contribution in [0.4, 0.5) is 8.78 Å². The molecule has 1 atom stereocenters. The summed E-state index contributed by atoms with van der Waals surface area (Å²) in [6.07, 6.45) is -0.420. The monoisotopic (exact) mass is 177 g/mol. The Balaban J connectivity index is 2.21. The number of ketones is 1. The quantitative estimate of drug-likeness (QED) is 0.640. The first-order valence-corrected chi connectivity index (χ1v) is 4.16. The van der Waals surface area contributed by atoms with Gasteiger partial charge in [0.15, 0.2) is 0 Å². The van der Waals surface area contributed by atoms with E-state index in [2.05, 4.69) is 0 Å². The van der Waals surface area contributed by atoms with Gasteiger partial charge < -0.3 is 0 Å². The third kappa shape index (κ3) is 2.85. The zero-order valence-corrected chi connectivity index (χ0v) is 6.93. The van der Waals surface area contributed by atoms with Crippen LogP contribution in [0.1, 0.15) is 12.8 Å². The first-order chi connectivity index (χ1) is 5.72. The molecule has 1 aliphatic rings. The summed E-state index contributed by atoms with van der Waals surface area (Å²) < 4.78 is 24.3. The van der Waals surface area contributed by atoms with Crippen LogP contribution in [0, 0.1) is 0 Å². The molecule has 4 heteroatoms. The molecule has 0 N–H and O–H groups in total. The van der Waals surface area contributed by atoms with E-state index in [4.69, 9.17) is 0 Å². The zero-order chi connectivity index (χ0) is 8.97. The third-order valence-corrected chi connectivity index (χ3v) is 2.04. The van der Waals surface area contributed by atoms with E-state index in [9.17, 15) is 13.6 Å². The number of halogens is 2. The number of hydrogen-bond acceptors (Lipinski definition) is 2. The van der Waals surface area contributed by atoms with Crippen LogP contribution in [0.15, 0.2) is 0 Å². The van der Waals surface area contributed by atoms with E-state index < -0.39 is 12.8 Å². The van der Waals surface area contributed by atoms with Gasteiger partial charge in [0.2, 0.25) is 0 Å². The number of rotatable bonds is 3. The molecule has 0 aromatic rings. The summed E-state index contributed by atoms with van der Waals surface area (Å²) >= 11 is 0. The molecule has 1 aliphatic heterocycles. The van der Waals surface area contributed by atoms with Crippen molar-refractivity contribution in [2.75, 3.05) is 26.3 Å². The minimum absolute atomic E-state index is 0.129. The molecular formula is C8H13F2NO. The number of Topliss-reactive ketones (excluding diaryl/α,β-unsaturated/α-hetero) is 1. The van der Waals surface area contributed by atoms with Crippen LogP contribution in [0.3, 0.4) is 0 Å². The Morgan fingerprint density at radius 2 is 2.00 bits per heavy atom. The molecule has 0 spiro atoms. The molecule has 2 nitrogen and oxygen atoms in total. The normalized spacial score (nSPS) is 22.7. The van der Waals surface area contributed by atoms with Crippen LogP contribution in [0.2, 0.25) is 0 Å². The number of piperidine rings is 1. The van der Waals surface area contributed by atoms with Crippen LogP contribution in [0.25, 0.3) is 0 Å². The number of likely N-dealkylation sites (tertiary alicyclic amines) is 1. The molecule has 70 valence electrons. The number of carbonyl (C=O) groups excluding carboxylic acids is 1. The number of hydrogen-bond donors (Lipinski definition) is 0. The van der Waals surface area contributed by atoms with Crippen LogP contribution in [0.5, 0.6) is 0 Å². The van der Waals surface area contributed by atoms with Crippen LogP contribution >= 0.6 is 0 Å². The molecule has 0 aliphatic carbocycles. The largest absolute Gasteiger partial charge is 0.300 e. The Morgan fingerprint density at radius 3 is 2.50 bits per heavy atom. The van der Waals surface area contributed by atoms with E-state index >= 15 is 0 Å². The minimum Gasteiger partial charge on any atom is -0.300 e. The van der Waals surface area contributed by atoms with Gasteiger partial charge in [-0.1, -0.05) is 0 Å². The van der Waals surface area contributed by atoms with Gasteiger partial charge >= 0.3 is 0 Å². The van der Waals surface area contributed by atoms with Gasteiger partial charge in [-0.3, -0.25) is 9.69 Å². The van der Waals surface area contributed by atoms with Gasteiger partial charge in [0.1, 0.15) is 18.6 Å². The van der Waals surface area contributed by atoms with Gasteiger partial charge in [0.25, 0.3) is 0 Å². The van der Waals surface area contributed by atoms with Gasteiger partial charge in [0.05, 0.1) is 0 Å². The molecule has 0 radical (unpaired) electrons. The van der Waals surface area contributed by atoms with E-state index in [-0.39, 0.29) is 12.3 Å². The highest BCUT2D eigenvalue weighted by Crippen LogP contribution is 2.07. The maximum Gasteiger partial charge on any atom is 0.141 e. The molecule has 1 fully saturated rings. The summed E-state index contributed by atoms with van der Waals surface area (Å²) in [5.74, 6) is 0.224. The van der Waals surface area contributed by atoms with Crippen molar-refractivity contribution in [2.24, 2.45) is 0 Å². The second kappa shape index (κ2) is 4.50. The third-order valence-electron chi connectivity index (χ3n) is 2.04. The lowest BCUT2D eigenvalue weighted by atomic mass is 10.1. The average Bonchev–Trinajstić information content (AvgIpc) is 2.09. The Labute approximate surface area is 70.5 Å². The lowest BCUT2D eigenvalue weighted by Gasteiger charge is -2.26. The highest BCUT2D eigenvalue weighted by Gasteiger charge is 2.18. The minimum atomic E-state index is -1.39. The molecule has 0 saturated carbocycles. The van der Waals surface area contributed by atoms with Gasteiger partial charge in [0, 0.05) is 32.5 Å². The van der Waals surface area contributed by atoms with Crippen LogP contribution < -0.4 is 0 Å². The van der Waals surface area contributed by atoms with Crippen molar-refractivity contribution in [3.05, 3.63) is 0 Å². The van der Waals surface area contributed by atoms with E-state index in [0.29, 0.717) is 25.9 Å². The van der Waals surface area contributed by atoms with E-state index in [1.54, 1.807) is 4.90 Å². The molecule has 1 heterocycles. The van der Waals surface area contributed by atoms with Crippen molar-refractivity contribution >= 4 is 5.78 Å². The highest BCUT2D eigenvalue weighted by atomic mass is 19.2. The maximum atomic E-state index is 12.5. The molecule has 1 saturated heterocycles. The Morgan fingerprint density at radius 1 is 1.42 bits per heavy atom. The van der Waals surface area contributed by atoms with Gasteiger partial charge in [-0.05, 0) is 0 Å². The Hall–Kier alpha value is -0.510. The van der Waals surface area contributed by atoms with E-state index in [1.165, 1.54) is 0 Å². The number of nitrogens with zero attached hydrogens (tertiary/aromatic N) is 1. The molecule has 1 unspecified atom stereocenters. The summed E-state index contributed by atoms with van der Waals surface area (Å²) in [5.41, 5.74) is 0. The summed E-state index contributed by atoms with van der Waals surface area (Å²) in [6.45, 7) is 0.368. The predicted octanol–water partition coefficient (Wildman–Crippen LogP) is 0.959. The van der Waals surface area contributed by atoms with Crippen molar-refractivity contribution in [3.63, 3.8) is 0 Å². The van der Waals surface area contributed by atoms with Gasteiger partial charge in [-0.25, -0.2) is 8.78 Å². The van der Waals surface area contributed by atoms with Gasteiger partial charge in [-0.2, -0.15) is 0 Å². The van der Waals surface area contributed by atoms with Crippen molar-refractivity contribution in [2.45, 2.75) is 19.0 Å². The average molecular weight is 177 g/mol. The summed E-state index contributed by atoms with van der Waals surface area (Å²) in [6, 6.07) is 0. The molecule has 12 heavy (non-hydrogen) atoms. The first kappa shape index (κ1) is 9.58. The Kier molecular flexibility index (Phi) is 3.59. The molecular weight excluding hydrogens is 164 g/mol. The highest BCUT2D eigenvalue weighted by molar-refractivity contribution is 5.79. The van der Waals surface area contributed by atoms with Crippen LogP contribution in [-0.4, -0.2) is 43.2 Å². The van der Waals surface area contributed by atoms with Crippen LogP contribution in [-0.2, 0) is 4.79 Å². The summed E-state index contributed by atoms with van der Waals surface area (Å²) in [5, 5.41) is 0. The summed E-state index contributed by atoms with van der Waals surface area (Å²) in [4.78, 5) is 12.6. The Bertz CT molecular complexity index is 153. The van der Waals surface area contributed by atoms with Gasteiger partial charge in [-0.15, -0.1) is 0 Å². The lowest BCUT2D eigenvalue weighted by molar-refractivity contribution is -0.121. The van der Waals surface area contributed by atoms with Crippen molar-refractivity contribution in [3.8, 4) is 0 Å². The predicted molar refractivity (Wildman–Crippen MR) is 41.6 cm³/mol. The SMILES string of the molecule is O=C1CCN(CC(F)CF)CC1. The molecule has 1 rings (SSSR count). The first-order valence-electron chi connectivity index (χ1n) is 4.16. The topological polar surface area (TPSA) is 20.3 Å². The fraction of sp³-hybridized carbons (Fsp3) is 0.875. The fourth-order valence-electron chi connectivity index (χ4n) is 1.31. The smallest absolute Gasteiger partial charge is 0.141 e. The molecule has 0 bridgehead atoms. The van der Waals surface area contributed by atoms with Crippen molar-refractivity contribution in [1.82, 2.24) is 4.90 Å². The second-order valence-corrected chi connectivity index (χ2v) is 3.09. The molecule has 0 aromatic carbocycles. The van der Waals surface area contributed by atoms with Crippen molar-refractivity contribution < 1.29 is 13.6 Å². The van der Waals surface area contributed by atoms with E-state index in [1.807, 2.05) is 0 Å².